The number of halogens is 1. The zero-order chi connectivity index (χ0) is 19.4. The first-order valence-electron chi connectivity index (χ1n) is 9.17. The molecule has 2 unspecified atom stereocenters. The van der Waals surface area contributed by atoms with Crippen LogP contribution in [-0.2, 0) is 0 Å². The second-order valence-electron chi connectivity index (χ2n) is 7.04. The Bertz CT molecular complexity index is 920. The summed E-state index contributed by atoms with van der Waals surface area (Å²) in [5.74, 6) is 0.310. The third-order valence-corrected chi connectivity index (χ3v) is 5.08. The molecular weight excluding hydrogens is 360 g/mol. The molecule has 1 heterocycles. The minimum Gasteiger partial charge on any atom is -0.395 e. The van der Waals surface area contributed by atoms with E-state index in [9.17, 15) is 5.11 Å². The molecule has 3 rings (SSSR count). The van der Waals surface area contributed by atoms with Crippen molar-refractivity contribution in [3.05, 3.63) is 65.7 Å². The van der Waals surface area contributed by atoms with Gasteiger partial charge in [-0.3, -0.25) is 0 Å². The molecule has 0 amide bonds. The van der Waals surface area contributed by atoms with Crippen molar-refractivity contribution in [2.75, 3.05) is 6.61 Å². The average molecular weight is 385 g/mol. The standard InChI is InChI=1S/C22H25ClN2O2/c1-4-7-19(24-20(13-26)14(2)3)16-8-5-6-9-17(16)22-18-11-10-15(23)12-21(18)27-25-22/h4-6,8-12,14,19-20,24,26H,1,7,13H2,2-3H3. The Balaban J connectivity index is 2.06. The van der Waals surface area contributed by atoms with Crippen LogP contribution in [0.3, 0.4) is 0 Å². The summed E-state index contributed by atoms with van der Waals surface area (Å²) in [5.41, 5.74) is 3.55. The van der Waals surface area contributed by atoms with Crippen molar-refractivity contribution in [2.24, 2.45) is 5.92 Å². The predicted molar refractivity (Wildman–Crippen MR) is 111 cm³/mol. The lowest BCUT2D eigenvalue weighted by molar-refractivity contribution is 0.199. The van der Waals surface area contributed by atoms with Crippen molar-refractivity contribution < 1.29 is 9.63 Å². The third-order valence-electron chi connectivity index (χ3n) is 4.84. The van der Waals surface area contributed by atoms with Crippen LogP contribution in [0.4, 0.5) is 0 Å². The SMILES string of the molecule is C=CCC(NC(CO)C(C)C)c1ccccc1-c1noc2cc(Cl)ccc12. The van der Waals surface area contributed by atoms with Gasteiger partial charge in [0.2, 0.25) is 0 Å². The van der Waals surface area contributed by atoms with Crippen LogP contribution in [0.5, 0.6) is 0 Å². The zero-order valence-electron chi connectivity index (χ0n) is 15.7. The largest absolute Gasteiger partial charge is 0.395 e. The first-order chi connectivity index (χ1) is 13.0. The van der Waals surface area contributed by atoms with Gasteiger partial charge >= 0.3 is 0 Å². The molecule has 3 aromatic rings. The van der Waals surface area contributed by atoms with Crippen LogP contribution in [0.1, 0.15) is 31.9 Å². The second-order valence-corrected chi connectivity index (χ2v) is 7.47. The van der Waals surface area contributed by atoms with Gasteiger partial charge in [0.05, 0.1) is 6.61 Å². The molecule has 1 aromatic heterocycles. The number of hydrogen-bond donors (Lipinski definition) is 2. The first-order valence-corrected chi connectivity index (χ1v) is 9.55. The molecular formula is C22H25ClN2O2. The van der Waals surface area contributed by atoms with E-state index >= 15 is 0 Å². The third kappa shape index (κ3) is 4.24. The van der Waals surface area contributed by atoms with Crippen LogP contribution in [0.25, 0.3) is 22.2 Å². The lowest BCUT2D eigenvalue weighted by Crippen LogP contribution is -2.39. The fraction of sp³-hybridized carbons (Fsp3) is 0.318. The fourth-order valence-electron chi connectivity index (χ4n) is 3.29. The molecule has 5 heteroatoms. The monoisotopic (exact) mass is 384 g/mol. The Labute approximate surface area is 164 Å². The number of aliphatic hydroxyl groups is 1. The Hall–Kier alpha value is -2.14. The van der Waals surface area contributed by atoms with E-state index in [4.69, 9.17) is 16.1 Å². The maximum Gasteiger partial charge on any atom is 0.169 e. The normalized spacial score (nSPS) is 13.8. The number of rotatable bonds is 8. The van der Waals surface area contributed by atoms with E-state index in [0.29, 0.717) is 16.5 Å². The molecule has 2 N–H and O–H groups in total. The molecule has 0 saturated heterocycles. The van der Waals surface area contributed by atoms with Gasteiger partial charge in [-0.1, -0.05) is 60.9 Å². The van der Waals surface area contributed by atoms with Crippen LogP contribution in [0, 0.1) is 5.92 Å². The van der Waals surface area contributed by atoms with Gasteiger partial charge in [0.15, 0.2) is 5.58 Å². The molecule has 0 aliphatic heterocycles. The van der Waals surface area contributed by atoms with E-state index in [2.05, 4.69) is 37.0 Å². The molecule has 4 nitrogen and oxygen atoms in total. The van der Waals surface area contributed by atoms with Crippen molar-refractivity contribution in [1.82, 2.24) is 10.5 Å². The number of fused-ring (bicyclic) bond motifs is 1. The van der Waals surface area contributed by atoms with Gasteiger partial charge in [0.25, 0.3) is 0 Å². The number of aromatic nitrogens is 1. The lowest BCUT2D eigenvalue weighted by Gasteiger charge is -2.28. The molecule has 2 atom stereocenters. The van der Waals surface area contributed by atoms with Gasteiger partial charge in [-0.25, -0.2) is 0 Å². The Morgan fingerprint density at radius 1 is 1.26 bits per heavy atom. The van der Waals surface area contributed by atoms with Crippen LogP contribution in [-0.4, -0.2) is 22.9 Å². The van der Waals surface area contributed by atoms with Gasteiger partial charge in [-0.15, -0.1) is 6.58 Å². The highest BCUT2D eigenvalue weighted by atomic mass is 35.5. The molecule has 0 saturated carbocycles. The number of nitrogens with one attached hydrogen (secondary N) is 1. The van der Waals surface area contributed by atoms with E-state index in [1.807, 2.05) is 36.4 Å². The van der Waals surface area contributed by atoms with Crippen LogP contribution < -0.4 is 5.32 Å². The van der Waals surface area contributed by atoms with E-state index < -0.39 is 0 Å². The molecule has 0 aliphatic rings. The minimum atomic E-state index is -0.00383. The van der Waals surface area contributed by atoms with Gasteiger partial charge in [0.1, 0.15) is 5.69 Å². The van der Waals surface area contributed by atoms with Gasteiger partial charge < -0.3 is 14.9 Å². The number of hydrogen-bond acceptors (Lipinski definition) is 4. The lowest BCUT2D eigenvalue weighted by atomic mass is 9.93. The molecule has 142 valence electrons. The summed E-state index contributed by atoms with van der Waals surface area (Å²) in [7, 11) is 0. The summed E-state index contributed by atoms with van der Waals surface area (Å²) >= 11 is 6.07. The van der Waals surface area contributed by atoms with Crippen LogP contribution in [0.15, 0.2) is 59.6 Å². The summed E-state index contributed by atoms with van der Waals surface area (Å²) in [6, 6.07) is 13.7. The van der Waals surface area contributed by atoms with Crippen molar-refractivity contribution in [1.29, 1.82) is 0 Å². The van der Waals surface area contributed by atoms with E-state index in [0.717, 1.165) is 28.6 Å². The molecule has 0 radical (unpaired) electrons. The average Bonchev–Trinajstić information content (AvgIpc) is 3.07. The maximum absolute atomic E-state index is 9.75. The molecule has 0 spiro atoms. The zero-order valence-corrected chi connectivity index (χ0v) is 16.4. The minimum absolute atomic E-state index is 0.00383. The molecule has 0 bridgehead atoms. The Kier molecular flexibility index (Phi) is 6.32. The van der Waals surface area contributed by atoms with E-state index in [1.165, 1.54) is 0 Å². The van der Waals surface area contributed by atoms with E-state index in [-0.39, 0.29) is 18.7 Å². The molecule has 27 heavy (non-hydrogen) atoms. The summed E-state index contributed by atoms with van der Waals surface area (Å²) < 4.78 is 5.50. The summed E-state index contributed by atoms with van der Waals surface area (Å²) in [4.78, 5) is 0. The highest BCUT2D eigenvalue weighted by Gasteiger charge is 2.22. The van der Waals surface area contributed by atoms with Crippen molar-refractivity contribution in [3.63, 3.8) is 0 Å². The summed E-state index contributed by atoms with van der Waals surface area (Å²) in [5, 5.41) is 19.2. The molecule has 0 fully saturated rings. The summed E-state index contributed by atoms with van der Waals surface area (Å²) in [6.07, 6.45) is 2.63. The van der Waals surface area contributed by atoms with Gasteiger partial charge in [-0.05, 0) is 30.0 Å². The predicted octanol–water partition coefficient (Wildman–Crippen LogP) is 5.37. The number of nitrogens with zero attached hydrogens (tertiary/aromatic N) is 1. The topological polar surface area (TPSA) is 58.3 Å². The molecule has 0 aliphatic carbocycles. The van der Waals surface area contributed by atoms with E-state index in [1.54, 1.807) is 6.07 Å². The van der Waals surface area contributed by atoms with Crippen LogP contribution >= 0.6 is 11.6 Å². The van der Waals surface area contributed by atoms with Gasteiger partial charge in [-0.2, -0.15) is 0 Å². The number of benzene rings is 2. The fourth-order valence-corrected chi connectivity index (χ4v) is 3.45. The number of aliphatic hydroxyl groups excluding tert-OH is 1. The smallest absolute Gasteiger partial charge is 0.169 e. The van der Waals surface area contributed by atoms with Crippen molar-refractivity contribution in [3.8, 4) is 11.3 Å². The molecule has 2 aromatic carbocycles. The Morgan fingerprint density at radius 2 is 2.04 bits per heavy atom. The second kappa shape index (κ2) is 8.70. The Morgan fingerprint density at radius 3 is 2.74 bits per heavy atom. The quantitative estimate of drug-likeness (QED) is 0.512. The summed E-state index contributed by atoms with van der Waals surface area (Å²) in [6.45, 7) is 8.18. The first kappa shape index (κ1) is 19.6. The highest BCUT2D eigenvalue weighted by Crippen LogP contribution is 2.35. The van der Waals surface area contributed by atoms with Crippen LogP contribution in [0.2, 0.25) is 5.02 Å². The maximum atomic E-state index is 9.75. The van der Waals surface area contributed by atoms with Crippen molar-refractivity contribution >= 4 is 22.6 Å². The van der Waals surface area contributed by atoms with Crippen molar-refractivity contribution in [2.45, 2.75) is 32.4 Å². The highest BCUT2D eigenvalue weighted by molar-refractivity contribution is 6.31. The van der Waals surface area contributed by atoms with Gasteiger partial charge in [0, 0.05) is 34.1 Å².